The molecule has 0 aliphatic carbocycles. The Morgan fingerprint density at radius 1 is 1.08 bits per heavy atom. The van der Waals surface area contributed by atoms with Gasteiger partial charge in [0.1, 0.15) is 5.75 Å². The molecule has 0 aliphatic rings. The summed E-state index contributed by atoms with van der Waals surface area (Å²) < 4.78 is 16.4. The Morgan fingerprint density at radius 3 is 2.72 bits per heavy atom. The molecule has 0 saturated carbocycles. The summed E-state index contributed by atoms with van der Waals surface area (Å²) in [5.41, 5.74) is 5.65. The molecule has 0 atom stereocenters. The van der Waals surface area contributed by atoms with Crippen LogP contribution < -0.4 is 19.6 Å². The van der Waals surface area contributed by atoms with Gasteiger partial charge in [0.05, 0.1) is 41.2 Å². The molecule has 36 heavy (non-hydrogen) atoms. The van der Waals surface area contributed by atoms with Crippen LogP contribution in [0.3, 0.4) is 0 Å². The zero-order valence-electron chi connectivity index (χ0n) is 19.3. The highest BCUT2D eigenvalue weighted by Crippen LogP contribution is 2.31. The van der Waals surface area contributed by atoms with Crippen LogP contribution in [-0.2, 0) is 0 Å². The topological polar surface area (TPSA) is 82.0 Å². The zero-order chi connectivity index (χ0) is 25.5. The second kappa shape index (κ2) is 11.9. The van der Waals surface area contributed by atoms with Crippen molar-refractivity contribution >= 4 is 51.9 Å². The lowest BCUT2D eigenvalue weighted by Gasteiger charge is -2.11. The van der Waals surface area contributed by atoms with Crippen molar-refractivity contribution in [3.63, 3.8) is 0 Å². The highest BCUT2D eigenvalue weighted by Gasteiger charge is 2.14. The number of methoxy groups -OCH3 is 1. The van der Waals surface area contributed by atoms with E-state index >= 15 is 0 Å². The van der Waals surface area contributed by atoms with Crippen LogP contribution in [0.25, 0.3) is 11.3 Å². The molecule has 10 heteroatoms. The lowest BCUT2D eigenvalue weighted by molar-refractivity contribution is 0.0728. The number of hydrogen-bond acceptors (Lipinski definition) is 8. The molecule has 0 aliphatic heterocycles. The molecule has 0 radical (unpaired) electrons. The Kier molecular flexibility index (Phi) is 8.43. The number of hydrazone groups is 1. The Hall–Kier alpha value is -3.59. The first-order valence-electron chi connectivity index (χ1n) is 10.8. The van der Waals surface area contributed by atoms with Gasteiger partial charge >= 0.3 is 5.97 Å². The maximum absolute atomic E-state index is 12.6. The van der Waals surface area contributed by atoms with E-state index < -0.39 is 5.97 Å². The summed E-state index contributed by atoms with van der Waals surface area (Å²) in [5.74, 6) is 0.784. The van der Waals surface area contributed by atoms with Gasteiger partial charge in [-0.15, -0.1) is 11.3 Å². The van der Waals surface area contributed by atoms with Crippen LogP contribution in [0.1, 0.15) is 22.8 Å². The maximum atomic E-state index is 12.6. The SMILES string of the molecule is CCOc1cc(C=NNc2nc(-c3ccc(Cl)c(Cl)c3)cs2)ccc1OC(=O)c1cccc(OC)c1. The second-order valence-corrected chi connectivity index (χ2v) is 8.97. The molecule has 4 rings (SSSR count). The molecule has 0 spiro atoms. The Labute approximate surface area is 222 Å². The van der Waals surface area contributed by atoms with Crippen LogP contribution in [0.5, 0.6) is 17.2 Å². The van der Waals surface area contributed by atoms with E-state index in [9.17, 15) is 4.79 Å². The van der Waals surface area contributed by atoms with Crippen molar-refractivity contribution in [3.8, 4) is 28.5 Å². The fourth-order valence-corrected chi connectivity index (χ4v) is 4.11. The normalized spacial score (nSPS) is 10.9. The van der Waals surface area contributed by atoms with Gasteiger partial charge in [-0.25, -0.2) is 9.78 Å². The maximum Gasteiger partial charge on any atom is 0.343 e. The van der Waals surface area contributed by atoms with Crippen LogP contribution in [0, 0.1) is 0 Å². The van der Waals surface area contributed by atoms with Crippen LogP contribution in [0.4, 0.5) is 5.13 Å². The van der Waals surface area contributed by atoms with Crippen LogP contribution in [0.15, 0.2) is 71.1 Å². The number of carbonyl (C=O) groups excluding carboxylic acids is 1. The number of nitrogens with zero attached hydrogens (tertiary/aromatic N) is 2. The van der Waals surface area contributed by atoms with E-state index in [0.29, 0.717) is 44.6 Å². The molecular formula is C26H21Cl2N3O4S. The third kappa shape index (κ3) is 6.34. The van der Waals surface area contributed by atoms with Gasteiger partial charge in [-0.05, 0) is 61.0 Å². The molecule has 0 unspecified atom stereocenters. The first kappa shape index (κ1) is 25.5. The van der Waals surface area contributed by atoms with Crippen molar-refractivity contribution in [2.24, 2.45) is 5.10 Å². The van der Waals surface area contributed by atoms with E-state index in [0.717, 1.165) is 16.8 Å². The number of thiazole rings is 1. The third-order valence-electron chi connectivity index (χ3n) is 4.87. The van der Waals surface area contributed by atoms with Gasteiger partial charge in [-0.2, -0.15) is 5.10 Å². The molecule has 3 aromatic carbocycles. The number of aromatic nitrogens is 1. The molecule has 1 N–H and O–H groups in total. The molecule has 4 aromatic rings. The van der Waals surface area contributed by atoms with E-state index in [-0.39, 0.29) is 0 Å². The average Bonchev–Trinajstić information content (AvgIpc) is 3.36. The third-order valence-corrected chi connectivity index (χ3v) is 6.36. The minimum Gasteiger partial charge on any atom is -0.497 e. The van der Waals surface area contributed by atoms with Crippen molar-refractivity contribution in [1.29, 1.82) is 0 Å². The quantitative estimate of drug-likeness (QED) is 0.104. The van der Waals surface area contributed by atoms with Gasteiger partial charge in [-0.3, -0.25) is 5.43 Å². The summed E-state index contributed by atoms with van der Waals surface area (Å²) in [6.07, 6.45) is 1.62. The predicted octanol–water partition coefficient (Wildman–Crippen LogP) is 7.19. The number of rotatable bonds is 9. The molecule has 1 aromatic heterocycles. The Balaban J connectivity index is 1.44. The Bertz CT molecular complexity index is 1410. The van der Waals surface area contributed by atoms with E-state index in [1.54, 1.807) is 60.8 Å². The first-order chi connectivity index (χ1) is 17.5. The standard InChI is InChI=1S/C26H21Cl2N3O4S/c1-3-34-24-11-16(7-10-23(24)35-25(32)18-5-4-6-19(12-18)33-2)14-29-31-26-30-22(15-36-26)17-8-9-20(27)21(28)13-17/h4-15H,3H2,1-2H3,(H,30,31). The van der Waals surface area contributed by atoms with Gasteiger partial charge in [-0.1, -0.05) is 35.3 Å². The smallest absolute Gasteiger partial charge is 0.343 e. The molecule has 1 heterocycles. The van der Waals surface area contributed by atoms with Gasteiger partial charge in [0.2, 0.25) is 5.13 Å². The first-order valence-corrected chi connectivity index (χ1v) is 12.4. The van der Waals surface area contributed by atoms with E-state index in [2.05, 4.69) is 15.5 Å². The number of carbonyl (C=O) groups is 1. The molecule has 0 fully saturated rings. The number of esters is 1. The summed E-state index contributed by atoms with van der Waals surface area (Å²) in [6, 6.07) is 17.3. The van der Waals surface area contributed by atoms with E-state index in [1.807, 2.05) is 18.4 Å². The number of ether oxygens (including phenoxy) is 3. The summed E-state index contributed by atoms with van der Waals surface area (Å²) in [6.45, 7) is 2.25. The van der Waals surface area contributed by atoms with E-state index in [1.165, 1.54) is 18.4 Å². The lowest BCUT2D eigenvalue weighted by Crippen LogP contribution is -2.10. The fourth-order valence-electron chi connectivity index (χ4n) is 3.14. The van der Waals surface area contributed by atoms with Gasteiger partial charge < -0.3 is 14.2 Å². The van der Waals surface area contributed by atoms with Crippen LogP contribution >= 0.6 is 34.5 Å². The van der Waals surface area contributed by atoms with Crippen molar-refractivity contribution in [1.82, 2.24) is 4.98 Å². The Morgan fingerprint density at radius 2 is 1.94 bits per heavy atom. The lowest BCUT2D eigenvalue weighted by atomic mass is 10.2. The number of nitrogens with one attached hydrogen (secondary N) is 1. The van der Waals surface area contributed by atoms with Crippen molar-refractivity contribution in [3.05, 3.63) is 87.2 Å². The van der Waals surface area contributed by atoms with Crippen molar-refractivity contribution < 1.29 is 19.0 Å². The number of halogens is 2. The summed E-state index contributed by atoms with van der Waals surface area (Å²) in [4.78, 5) is 17.1. The van der Waals surface area contributed by atoms with Crippen molar-refractivity contribution in [2.75, 3.05) is 19.1 Å². The summed E-state index contributed by atoms with van der Waals surface area (Å²) in [7, 11) is 1.54. The number of anilines is 1. The number of benzene rings is 3. The van der Waals surface area contributed by atoms with Gasteiger partial charge in [0, 0.05) is 10.9 Å². The predicted molar refractivity (Wildman–Crippen MR) is 144 cm³/mol. The number of hydrogen-bond donors (Lipinski definition) is 1. The van der Waals surface area contributed by atoms with Crippen molar-refractivity contribution in [2.45, 2.75) is 6.92 Å². The highest BCUT2D eigenvalue weighted by molar-refractivity contribution is 7.14. The molecule has 184 valence electrons. The van der Waals surface area contributed by atoms with Crippen LogP contribution in [-0.4, -0.2) is 30.9 Å². The fraction of sp³-hybridized carbons (Fsp3) is 0.115. The summed E-state index contributed by atoms with van der Waals surface area (Å²) >= 11 is 13.5. The van der Waals surface area contributed by atoms with Crippen LogP contribution in [0.2, 0.25) is 10.0 Å². The largest absolute Gasteiger partial charge is 0.497 e. The molecule has 0 bridgehead atoms. The van der Waals surface area contributed by atoms with Gasteiger partial charge in [0.15, 0.2) is 11.5 Å². The molecular weight excluding hydrogens is 521 g/mol. The van der Waals surface area contributed by atoms with Gasteiger partial charge in [0.25, 0.3) is 0 Å². The molecule has 7 nitrogen and oxygen atoms in total. The molecule has 0 saturated heterocycles. The minimum atomic E-state index is -0.514. The summed E-state index contributed by atoms with van der Waals surface area (Å²) in [5, 5.41) is 7.73. The highest BCUT2D eigenvalue weighted by atomic mass is 35.5. The zero-order valence-corrected chi connectivity index (χ0v) is 21.7. The monoisotopic (exact) mass is 541 g/mol. The van der Waals surface area contributed by atoms with E-state index in [4.69, 9.17) is 37.4 Å². The average molecular weight is 542 g/mol. The minimum absolute atomic E-state index is 0.306. The molecule has 0 amide bonds. The second-order valence-electron chi connectivity index (χ2n) is 7.30.